The van der Waals surface area contributed by atoms with E-state index in [0.717, 1.165) is 0 Å². The highest BCUT2D eigenvalue weighted by atomic mass is 16.6. The average molecular weight is 309 g/mol. The first kappa shape index (κ1) is 13.2. The van der Waals surface area contributed by atoms with Crippen molar-refractivity contribution in [2.24, 2.45) is 0 Å². The number of carbonyl (C=O) groups is 4. The number of imide groups is 1. The highest BCUT2D eigenvalue weighted by Crippen LogP contribution is 2.29. The third-order valence-electron chi connectivity index (χ3n) is 3.56. The van der Waals surface area contributed by atoms with Crippen molar-refractivity contribution in [3.8, 4) is 11.5 Å². The Morgan fingerprint density at radius 2 is 1.26 bits per heavy atom. The Kier molecular flexibility index (Phi) is 2.59. The molecule has 112 valence electrons. The topological polar surface area (TPSA) is 98.8 Å². The highest BCUT2D eigenvalue weighted by Gasteiger charge is 2.30. The van der Waals surface area contributed by atoms with Crippen LogP contribution in [0.3, 0.4) is 0 Å². The zero-order valence-electron chi connectivity index (χ0n) is 11.4. The van der Waals surface area contributed by atoms with Crippen molar-refractivity contribution in [2.75, 3.05) is 0 Å². The number of fused-ring (bicyclic) bond motifs is 2. The van der Waals surface area contributed by atoms with Gasteiger partial charge in [0.2, 0.25) is 0 Å². The van der Waals surface area contributed by atoms with Crippen molar-refractivity contribution in [3.05, 3.63) is 58.7 Å². The van der Waals surface area contributed by atoms with Gasteiger partial charge in [0.15, 0.2) is 0 Å². The summed E-state index contributed by atoms with van der Waals surface area (Å²) in [5.74, 6) is -1.72. The summed E-state index contributed by atoms with van der Waals surface area (Å²) < 4.78 is 10.1. The third kappa shape index (κ3) is 1.98. The summed E-state index contributed by atoms with van der Waals surface area (Å²) in [5.41, 5.74) is 0.816. The molecule has 2 amide bonds. The third-order valence-corrected chi connectivity index (χ3v) is 3.56. The maximum atomic E-state index is 11.6. The van der Waals surface area contributed by atoms with E-state index in [9.17, 15) is 19.2 Å². The minimum Gasteiger partial charge on any atom is -0.457 e. The van der Waals surface area contributed by atoms with Crippen LogP contribution in [0.2, 0.25) is 0 Å². The Balaban J connectivity index is 1.68. The molecule has 0 atom stereocenters. The van der Waals surface area contributed by atoms with Crippen LogP contribution in [0.25, 0.3) is 0 Å². The van der Waals surface area contributed by atoms with Gasteiger partial charge in [-0.2, -0.15) is 0 Å². The highest BCUT2D eigenvalue weighted by molar-refractivity contribution is 6.21. The van der Waals surface area contributed by atoms with Gasteiger partial charge in [0.05, 0.1) is 22.3 Å². The zero-order chi connectivity index (χ0) is 16.1. The smallest absolute Gasteiger partial charge is 0.347 e. The van der Waals surface area contributed by atoms with Crippen LogP contribution < -0.4 is 10.1 Å². The van der Waals surface area contributed by atoms with E-state index in [-0.39, 0.29) is 22.3 Å². The van der Waals surface area contributed by atoms with Gasteiger partial charge >= 0.3 is 11.9 Å². The normalized spacial score (nSPS) is 15.1. The lowest BCUT2D eigenvalue weighted by Crippen LogP contribution is -2.19. The molecule has 2 aromatic rings. The van der Waals surface area contributed by atoms with Crippen molar-refractivity contribution in [1.82, 2.24) is 5.32 Å². The Bertz CT molecular complexity index is 855. The van der Waals surface area contributed by atoms with Crippen LogP contribution in [-0.2, 0) is 4.74 Å². The fraction of sp³-hybridized carbons (Fsp3) is 0. The van der Waals surface area contributed by atoms with E-state index < -0.39 is 23.8 Å². The molecule has 2 heterocycles. The quantitative estimate of drug-likeness (QED) is 0.515. The van der Waals surface area contributed by atoms with Gasteiger partial charge in [-0.1, -0.05) is 0 Å². The van der Waals surface area contributed by atoms with E-state index in [1.54, 1.807) is 0 Å². The SMILES string of the molecule is O=C1NC(=O)c2cc(Oc3ccc4c(c3)C(=O)OC4=O)ccc21. The van der Waals surface area contributed by atoms with Gasteiger partial charge < -0.3 is 9.47 Å². The van der Waals surface area contributed by atoms with Crippen LogP contribution in [0.1, 0.15) is 41.4 Å². The summed E-state index contributed by atoms with van der Waals surface area (Å²) in [6.45, 7) is 0. The molecule has 0 saturated carbocycles. The predicted octanol–water partition coefficient (Wildman–Crippen LogP) is 1.67. The fourth-order valence-corrected chi connectivity index (χ4v) is 2.47. The molecule has 7 heteroatoms. The van der Waals surface area contributed by atoms with Crippen LogP contribution in [0, 0.1) is 0 Å². The number of amides is 2. The van der Waals surface area contributed by atoms with Crippen molar-refractivity contribution >= 4 is 23.8 Å². The Labute approximate surface area is 128 Å². The molecule has 7 nitrogen and oxygen atoms in total. The van der Waals surface area contributed by atoms with Crippen LogP contribution in [0.5, 0.6) is 11.5 Å². The van der Waals surface area contributed by atoms with Crippen molar-refractivity contribution in [2.45, 2.75) is 0 Å². The predicted molar refractivity (Wildman–Crippen MR) is 74.5 cm³/mol. The van der Waals surface area contributed by atoms with Gasteiger partial charge in [0.1, 0.15) is 11.5 Å². The molecule has 1 N–H and O–H groups in total. The number of hydrogen-bond donors (Lipinski definition) is 1. The zero-order valence-corrected chi connectivity index (χ0v) is 11.4. The Morgan fingerprint density at radius 3 is 2.00 bits per heavy atom. The second kappa shape index (κ2) is 4.51. The summed E-state index contributed by atoms with van der Waals surface area (Å²) in [5, 5.41) is 2.19. The molecule has 0 fully saturated rings. The van der Waals surface area contributed by atoms with Crippen LogP contribution in [0.15, 0.2) is 36.4 Å². The van der Waals surface area contributed by atoms with E-state index in [4.69, 9.17) is 4.74 Å². The van der Waals surface area contributed by atoms with E-state index in [1.807, 2.05) is 0 Å². The van der Waals surface area contributed by atoms with E-state index >= 15 is 0 Å². The number of carbonyl (C=O) groups excluding carboxylic acids is 4. The molecule has 2 aliphatic rings. The molecule has 0 radical (unpaired) electrons. The number of nitrogens with one attached hydrogen (secondary N) is 1. The van der Waals surface area contributed by atoms with Crippen molar-refractivity contribution in [1.29, 1.82) is 0 Å². The second-order valence-electron chi connectivity index (χ2n) is 4.98. The molecule has 0 saturated heterocycles. The van der Waals surface area contributed by atoms with Gasteiger partial charge in [0.25, 0.3) is 11.8 Å². The van der Waals surface area contributed by atoms with E-state index in [0.29, 0.717) is 11.5 Å². The number of hydrogen-bond acceptors (Lipinski definition) is 6. The van der Waals surface area contributed by atoms with E-state index in [2.05, 4.69) is 10.1 Å². The fourth-order valence-electron chi connectivity index (χ4n) is 2.47. The molecule has 0 unspecified atom stereocenters. The second-order valence-corrected chi connectivity index (χ2v) is 4.98. The molecular weight excluding hydrogens is 302 g/mol. The Morgan fingerprint density at radius 1 is 0.696 bits per heavy atom. The lowest BCUT2D eigenvalue weighted by Gasteiger charge is -2.07. The lowest BCUT2D eigenvalue weighted by atomic mass is 10.1. The van der Waals surface area contributed by atoms with Gasteiger partial charge in [0, 0.05) is 0 Å². The van der Waals surface area contributed by atoms with Crippen molar-refractivity contribution < 1.29 is 28.7 Å². The lowest BCUT2D eigenvalue weighted by molar-refractivity contribution is 0.0443. The monoisotopic (exact) mass is 309 g/mol. The number of cyclic esters (lactones) is 2. The molecule has 2 aliphatic heterocycles. The van der Waals surface area contributed by atoms with Crippen molar-refractivity contribution in [3.63, 3.8) is 0 Å². The first-order valence-electron chi connectivity index (χ1n) is 6.61. The maximum absolute atomic E-state index is 11.6. The summed E-state index contributed by atoms with van der Waals surface area (Å²) in [6.07, 6.45) is 0. The minimum atomic E-state index is -0.727. The van der Waals surface area contributed by atoms with Gasteiger partial charge in [-0.05, 0) is 36.4 Å². The molecule has 0 aromatic heterocycles. The molecule has 0 spiro atoms. The Hall–Kier alpha value is -3.48. The van der Waals surface area contributed by atoms with Gasteiger partial charge in [-0.15, -0.1) is 0 Å². The molecule has 0 bridgehead atoms. The molecule has 2 aromatic carbocycles. The standard InChI is InChI=1S/C16H7NO6/c18-13-9-3-1-7(5-11(9)14(19)17-13)22-8-2-4-10-12(6-8)16(21)23-15(10)20/h1-6H,(H,17,18,19). The summed E-state index contributed by atoms with van der Waals surface area (Å²) in [6, 6.07) is 8.79. The van der Waals surface area contributed by atoms with Crippen LogP contribution in [-0.4, -0.2) is 23.8 Å². The average Bonchev–Trinajstić information content (AvgIpc) is 2.96. The summed E-state index contributed by atoms with van der Waals surface area (Å²) in [7, 11) is 0. The van der Waals surface area contributed by atoms with Gasteiger partial charge in [-0.3, -0.25) is 14.9 Å². The number of ether oxygens (including phenoxy) is 2. The number of benzene rings is 2. The molecular formula is C16H7NO6. The summed E-state index contributed by atoms with van der Waals surface area (Å²) in [4.78, 5) is 46.0. The summed E-state index contributed by atoms with van der Waals surface area (Å²) >= 11 is 0. The first-order chi connectivity index (χ1) is 11.0. The molecule has 0 aliphatic carbocycles. The molecule has 23 heavy (non-hydrogen) atoms. The maximum Gasteiger partial charge on any atom is 0.347 e. The number of rotatable bonds is 2. The largest absolute Gasteiger partial charge is 0.457 e. The van der Waals surface area contributed by atoms with Gasteiger partial charge in [-0.25, -0.2) is 9.59 Å². The number of esters is 2. The van der Waals surface area contributed by atoms with E-state index in [1.165, 1.54) is 36.4 Å². The van der Waals surface area contributed by atoms with Crippen LogP contribution in [0.4, 0.5) is 0 Å². The van der Waals surface area contributed by atoms with Crippen LogP contribution >= 0.6 is 0 Å². The first-order valence-corrected chi connectivity index (χ1v) is 6.61. The molecule has 4 rings (SSSR count). The minimum absolute atomic E-state index is 0.126.